The van der Waals surface area contributed by atoms with E-state index in [9.17, 15) is 0 Å². The quantitative estimate of drug-likeness (QED) is 0.259. The molecule has 4 heteroatoms. The molecule has 4 nitrogen and oxygen atoms in total. The lowest BCUT2D eigenvalue weighted by Gasteiger charge is -2.42. The van der Waals surface area contributed by atoms with Crippen molar-refractivity contribution in [2.45, 2.75) is 44.6 Å². The third-order valence-corrected chi connectivity index (χ3v) is 3.00. The second-order valence-electron chi connectivity index (χ2n) is 3.76. The van der Waals surface area contributed by atoms with Gasteiger partial charge in [0.1, 0.15) is 5.84 Å². The van der Waals surface area contributed by atoms with Crippen LogP contribution in [0.5, 0.6) is 0 Å². The minimum Gasteiger partial charge on any atom is -0.409 e. The third kappa shape index (κ3) is 2.59. The lowest BCUT2D eigenvalue weighted by Crippen LogP contribution is -2.51. The molecule has 1 aliphatic rings. The van der Waals surface area contributed by atoms with Crippen molar-refractivity contribution in [1.82, 2.24) is 5.32 Å². The minimum absolute atomic E-state index is 0.304. The van der Waals surface area contributed by atoms with E-state index in [2.05, 4.69) is 17.4 Å². The highest BCUT2D eigenvalue weighted by molar-refractivity contribution is 5.79. The minimum atomic E-state index is 0.304. The molecule has 1 fully saturated rings. The zero-order valence-electron chi connectivity index (χ0n) is 8.21. The molecule has 0 atom stereocenters. The van der Waals surface area contributed by atoms with Crippen molar-refractivity contribution in [2.75, 3.05) is 6.54 Å². The van der Waals surface area contributed by atoms with Gasteiger partial charge in [0.2, 0.25) is 0 Å². The van der Waals surface area contributed by atoms with Gasteiger partial charge >= 0.3 is 0 Å². The van der Waals surface area contributed by atoms with Gasteiger partial charge in [0.05, 0.1) is 0 Å². The van der Waals surface area contributed by atoms with Crippen molar-refractivity contribution in [2.24, 2.45) is 10.9 Å². The van der Waals surface area contributed by atoms with E-state index in [0.717, 1.165) is 6.54 Å². The fourth-order valence-electron chi connectivity index (χ4n) is 1.76. The predicted molar refractivity (Wildman–Crippen MR) is 52.9 cm³/mol. The first kappa shape index (κ1) is 10.3. The van der Waals surface area contributed by atoms with Crippen LogP contribution in [0.2, 0.25) is 0 Å². The van der Waals surface area contributed by atoms with E-state index in [1.165, 1.54) is 25.7 Å². The molecule has 0 aliphatic heterocycles. The van der Waals surface area contributed by atoms with Gasteiger partial charge in [-0.05, 0) is 25.7 Å². The number of hydrogen-bond donors (Lipinski definition) is 3. The predicted octanol–water partition coefficient (Wildman–Crippen LogP) is 1.05. The van der Waals surface area contributed by atoms with E-state index in [-0.39, 0.29) is 0 Å². The summed E-state index contributed by atoms with van der Waals surface area (Å²) in [7, 11) is 0. The van der Waals surface area contributed by atoms with E-state index in [0.29, 0.717) is 17.8 Å². The molecule has 0 aromatic carbocycles. The fourth-order valence-corrected chi connectivity index (χ4v) is 1.76. The maximum atomic E-state index is 8.33. The number of nitrogens with two attached hydrogens (primary N) is 1. The molecule has 0 bridgehead atoms. The molecule has 13 heavy (non-hydrogen) atoms. The molecule has 1 aliphatic carbocycles. The Bertz CT molecular complexity index is 182. The van der Waals surface area contributed by atoms with Crippen LogP contribution in [0, 0.1) is 0 Å². The first-order valence-electron chi connectivity index (χ1n) is 4.94. The summed E-state index contributed by atoms with van der Waals surface area (Å²) in [5.41, 5.74) is 5.72. The Morgan fingerprint density at radius 3 is 2.69 bits per heavy atom. The van der Waals surface area contributed by atoms with Gasteiger partial charge in [0.25, 0.3) is 0 Å². The van der Waals surface area contributed by atoms with Gasteiger partial charge in [0.15, 0.2) is 0 Å². The summed E-state index contributed by atoms with van der Waals surface area (Å²) < 4.78 is 0. The molecule has 0 radical (unpaired) electrons. The lowest BCUT2D eigenvalue weighted by atomic mass is 9.75. The van der Waals surface area contributed by atoms with Gasteiger partial charge in [-0.1, -0.05) is 12.1 Å². The van der Waals surface area contributed by atoms with E-state index >= 15 is 0 Å². The van der Waals surface area contributed by atoms with Crippen molar-refractivity contribution in [3.05, 3.63) is 0 Å². The van der Waals surface area contributed by atoms with E-state index in [1.54, 1.807) is 0 Å². The topological polar surface area (TPSA) is 70.6 Å². The number of nitrogens with zero attached hydrogens (tertiary/aromatic N) is 1. The van der Waals surface area contributed by atoms with Crippen LogP contribution in [0.3, 0.4) is 0 Å². The molecule has 0 amide bonds. The molecule has 1 rings (SSSR count). The first-order chi connectivity index (χ1) is 6.22. The normalized spacial score (nSPS) is 21.2. The van der Waals surface area contributed by atoms with E-state index in [1.807, 2.05) is 0 Å². The van der Waals surface area contributed by atoms with Crippen LogP contribution in [-0.2, 0) is 0 Å². The van der Waals surface area contributed by atoms with Gasteiger partial charge in [0, 0.05) is 18.5 Å². The average molecular weight is 185 g/mol. The lowest BCUT2D eigenvalue weighted by molar-refractivity contribution is 0.180. The van der Waals surface area contributed by atoms with Gasteiger partial charge in [-0.3, -0.25) is 0 Å². The summed E-state index contributed by atoms with van der Waals surface area (Å²) >= 11 is 0. The summed E-state index contributed by atoms with van der Waals surface area (Å²) in [6.45, 7) is 3.01. The standard InChI is InChI=1S/C9H19N3O/c1-2-9(5-3-6-9)11-7-4-8(10)12-13/h11,13H,2-7H2,1H3,(H2,10,12). The van der Waals surface area contributed by atoms with E-state index in [4.69, 9.17) is 10.9 Å². The highest BCUT2D eigenvalue weighted by Gasteiger charge is 2.33. The Hall–Kier alpha value is -0.770. The number of oxime groups is 1. The van der Waals surface area contributed by atoms with Crippen molar-refractivity contribution < 1.29 is 5.21 Å². The SMILES string of the molecule is CCC1(NCCC(N)=NO)CCC1. The molecule has 0 heterocycles. The fraction of sp³-hybridized carbons (Fsp3) is 0.889. The number of rotatable bonds is 5. The number of hydrogen-bond acceptors (Lipinski definition) is 3. The van der Waals surface area contributed by atoms with Gasteiger partial charge in [-0.25, -0.2) is 0 Å². The summed E-state index contributed by atoms with van der Waals surface area (Å²) in [6.07, 6.45) is 5.64. The van der Waals surface area contributed by atoms with Crippen LogP contribution in [0.15, 0.2) is 5.16 Å². The summed E-state index contributed by atoms with van der Waals surface area (Å²) in [4.78, 5) is 0. The highest BCUT2D eigenvalue weighted by atomic mass is 16.4. The molecular formula is C9H19N3O. The van der Waals surface area contributed by atoms with Crippen LogP contribution >= 0.6 is 0 Å². The summed E-state index contributed by atoms with van der Waals surface area (Å²) in [6, 6.07) is 0. The summed E-state index contributed by atoms with van der Waals surface area (Å²) in [5.74, 6) is 0.304. The monoisotopic (exact) mass is 185 g/mol. The van der Waals surface area contributed by atoms with E-state index < -0.39 is 0 Å². The van der Waals surface area contributed by atoms with Crippen molar-refractivity contribution >= 4 is 5.84 Å². The zero-order chi connectivity index (χ0) is 9.73. The molecule has 76 valence electrons. The first-order valence-corrected chi connectivity index (χ1v) is 4.94. The molecule has 0 spiro atoms. The molecule has 4 N–H and O–H groups in total. The molecular weight excluding hydrogens is 166 g/mol. The van der Waals surface area contributed by atoms with Crippen LogP contribution in [0.1, 0.15) is 39.0 Å². The van der Waals surface area contributed by atoms with Crippen LogP contribution in [0.4, 0.5) is 0 Å². The van der Waals surface area contributed by atoms with Gasteiger partial charge in [-0.2, -0.15) is 0 Å². The summed E-state index contributed by atoms with van der Waals surface area (Å²) in [5, 5.41) is 14.7. The maximum Gasteiger partial charge on any atom is 0.140 e. The van der Waals surface area contributed by atoms with Crippen molar-refractivity contribution in [3.63, 3.8) is 0 Å². The van der Waals surface area contributed by atoms with Gasteiger partial charge in [-0.15, -0.1) is 0 Å². The molecule has 0 unspecified atom stereocenters. The highest BCUT2D eigenvalue weighted by Crippen LogP contribution is 2.34. The van der Waals surface area contributed by atoms with Crippen LogP contribution < -0.4 is 11.1 Å². The van der Waals surface area contributed by atoms with Crippen molar-refractivity contribution in [1.29, 1.82) is 0 Å². The maximum absolute atomic E-state index is 8.33. The second kappa shape index (κ2) is 4.46. The number of nitrogens with one attached hydrogen (secondary N) is 1. The van der Waals surface area contributed by atoms with Gasteiger partial charge < -0.3 is 16.3 Å². The average Bonchev–Trinajstić information content (AvgIpc) is 2.09. The third-order valence-electron chi connectivity index (χ3n) is 3.00. The number of amidine groups is 1. The Labute approximate surface area is 79.2 Å². The largest absolute Gasteiger partial charge is 0.409 e. The second-order valence-corrected chi connectivity index (χ2v) is 3.76. The Balaban J connectivity index is 2.18. The molecule has 1 saturated carbocycles. The smallest absolute Gasteiger partial charge is 0.140 e. The molecule has 0 aromatic heterocycles. The van der Waals surface area contributed by atoms with Crippen LogP contribution in [-0.4, -0.2) is 23.1 Å². The Morgan fingerprint density at radius 1 is 1.62 bits per heavy atom. The zero-order valence-corrected chi connectivity index (χ0v) is 8.21. The molecule has 0 aromatic rings. The Kier molecular flexibility index (Phi) is 3.54. The molecule has 0 saturated heterocycles. The van der Waals surface area contributed by atoms with Crippen molar-refractivity contribution in [3.8, 4) is 0 Å². The Morgan fingerprint density at radius 2 is 2.31 bits per heavy atom. The van der Waals surface area contributed by atoms with Crippen LogP contribution in [0.25, 0.3) is 0 Å².